The molecule has 0 bridgehead atoms. The number of nitrogens with one attached hydrogen (secondary N) is 1. The molecule has 0 amide bonds. The van der Waals surface area contributed by atoms with Gasteiger partial charge in [-0.1, -0.05) is 181 Å². The fraction of sp³-hybridized carbons (Fsp3) is 0.0400. The first-order valence-corrected chi connectivity index (χ1v) is 18.3. The Labute approximate surface area is 309 Å². The quantitative estimate of drug-likeness (QED) is 0.186. The molecule has 10 rings (SSSR count). The van der Waals surface area contributed by atoms with E-state index in [1.807, 2.05) is 0 Å². The molecule has 2 unspecified atom stereocenters. The molecular weight excluding hydrogens is 643 g/mol. The van der Waals surface area contributed by atoms with E-state index in [2.05, 4.69) is 210 Å². The second-order valence-corrected chi connectivity index (χ2v) is 13.8. The van der Waals surface area contributed by atoms with Crippen molar-refractivity contribution in [2.45, 2.75) is 12.2 Å². The number of rotatable bonds is 6. The summed E-state index contributed by atoms with van der Waals surface area (Å²) in [6.45, 7) is 0. The minimum absolute atomic E-state index is 0.0319. The van der Waals surface area contributed by atoms with Crippen molar-refractivity contribution in [1.29, 1.82) is 0 Å². The van der Waals surface area contributed by atoms with Crippen molar-refractivity contribution in [2.24, 2.45) is 0 Å². The predicted octanol–water partition coefficient (Wildman–Crippen LogP) is 13.0. The maximum absolute atomic E-state index is 5.17. The lowest BCUT2D eigenvalue weighted by molar-refractivity contribution is 0.664. The van der Waals surface area contributed by atoms with E-state index in [9.17, 15) is 0 Å². The molecule has 0 aliphatic carbocycles. The van der Waals surface area contributed by atoms with Crippen molar-refractivity contribution < 1.29 is 0 Å². The summed E-state index contributed by atoms with van der Waals surface area (Å²) in [6.07, 6.45) is 2.12. The number of aromatic nitrogens is 1. The van der Waals surface area contributed by atoms with E-state index in [1.54, 1.807) is 0 Å². The van der Waals surface area contributed by atoms with Crippen LogP contribution in [0.15, 0.2) is 200 Å². The Morgan fingerprint density at radius 2 is 1.02 bits per heavy atom. The standard InChI is InChI=1S/C50H36N3/c1-3-13-37(14-4-1)46-33-47(52-50(51-46)39-15-5-2-6-16-39)38-24-22-34(23-25-38)35-26-29-41(30-27-35)53-48-21-10-9-19-44(48)45-32-40(28-31-49(45)53)43-20-11-17-36-12-7-8-18-42(36)43/h1-33,46,50,52H/q-1. The van der Waals surface area contributed by atoms with Gasteiger partial charge in [0.05, 0.1) is 11.0 Å². The summed E-state index contributed by atoms with van der Waals surface area (Å²) in [5, 5.41) is 13.9. The smallest absolute Gasteiger partial charge is 0.0541 e. The summed E-state index contributed by atoms with van der Waals surface area (Å²) < 4.78 is 2.39. The maximum Gasteiger partial charge on any atom is 0.0541 e. The highest BCUT2D eigenvalue weighted by molar-refractivity contribution is 6.11. The molecule has 1 aliphatic heterocycles. The Balaban J connectivity index is 0.969. The zero-order chi connectivity index (χ0) is 35.1. The molecule has 3 heteroatoms. The summed E-state index contributed by atoms with van der Waals surface area (Å²) in [4.78, 5) is 0. The molecule has 0 saturated carbocycles. The van der Waals surface area contributed by atoms with E-state index >= 15 is 0 Å². The van der Waals surface area contributed by atoms with Crippen LogP contribution in [0.1, 0.15) is 28.9 Å². The Morgan fingerprint density at radius 1 is 0.434 bits per heavy atom. The first-order valence-electron chi connectivity index (χ1n) is 18.3. The van der Waals surface area contributed by atoms with Crippen molar-refractivity contribution in [3.8, 4) is 27.9 Å². The van der Waals surface area contributed by atoms with Crippen molar-refractivity contribution in [3.05, 3.63) is 222 Å². The normalized spacial score (nSPS) is 15.7. The summed E-state index contributed by atoms with van der Waals surface area (Å²) in [5.41, 5.74) is 13.0. The summed E-state index contributed by atoms with van der Waals surface area (Å²) in [6, 6.07) is 69.7. The van der Waals surface area contributed by atoms with E-state index in [-0.39, 0.29) is 12.2 Å². The highest BCUT2D eigenvalue weighted by Gasteiger charge is 2.17. The lowest BCUT2D eigenvalue weighted by Gasteiger charge is -2.45. The molecule has 2 heterocycles. The summed E-state index contributed by atoms with van der Waals surface area (Å²) in [5.74, 6) is 0. The van der Waals surface area contributed by atoms with Gasteiger partial charge < -0.3 is 15.2 Å². The molecule has 1 aliphatic rings. The van der Waals surface area contributed by atoms with Gasteiger partial charge in [0.15, 0.2) is 0 Å². The second kappa shape index (κ2) is 13.1. The SMILES string of the molecule is C1=C(c2ccc(-c3ccc(-n4c5ccccc5c5cc(-c6cccc7ccccc67)ccc54)cc3)cc2)NC(c2ccccc2)[N-]C1c1ccccc1. The molecule has 0 spiro atoms. The van der Waals surface area contributed by atoms with Gasteiger partial charge >= 0.3 is 0 Å². The molecule has 9 aromatic rings. The van der Waals surface area contributed by atoms with E-state index in [4.69, 9.17) is 5.32 Å². The molecule has 53 heavy (non-hydrogen) atoms. The van der Waals surface area contributed by atoms with Gasteiger partial charge in [0.2, 0.25) is 0 Å². The number of hydrogen-bond donors (Lipinski definition) is 1. The molecule has 1 N–H and O–H groups in total. The Morgan fingerprint density at radius 3 is 1.79 bits per heavy atom. The monoisotopic (exact) mass is 678 g/mol. The third-order valence-electron chi connectivity index (χ3n) is 10.6. The van der Waals surface area contributed by atoms with Crippen molar-refractivity contribution in [2.75, 3.05) is 0 Å². The number of nitrogens with zero attached hydrogens (tertiary/aromatic N) is 2. The van der Waals surface area contributed by atoms with Crippen molar-refractivity contribution in [1.82, 2.24) is 9.88 Å². The van der Waals surface area contributed by atoms with E-state index in [0.717, 1.165) is 22.5 Å². The Bertz CT molecular complexity index is 2760. The van der Waals surface area contributed by atoms with Crippen molar-refractivity contribution >= 4 is 38.3 Å². The van der Waals surface area contributed by atoms with Gasteiger partial charge in [-0.2, -0.15) is 0 Å². The van der Waals surface area contributed by atoms with Crippen LogP contribution < -0.4 is 5.32 Å². The largest absolute Gasteiger partial charge is 0.629 e. The minimum atomic E-state index is -0.126. The van der Waals surface area contributed by atoms with Crippen LogP contribution in [0.3, 0.4) is 0 Å². The maximum atomic E-state index is 5.17. The first-order chi connectivity index (χ1) is 26.3. The number of fused-ring (bicyclic) bond motifs is 4. The van der Waals surface area contributed by atoms with E-state index in [0.29, 0.717) is 0 Å². The average molecular weight is 679 g/mol. The summed E-state index contributed by atoms with van der Waals surface area (Å²) >= 11 is 0. The average Bonchev–Trinajstić information content (AvgIpc) is 3.58. The van der Waals surface area contributed by atoms with Gasteiger partial charge in [-0.15, -0.1) is 0 Å². The molecular formula is C50H36N3-. The molecule has 0 radical (unpaired) electrons. The Hall–Kier alpha value is -6.68. The number of hydrogen-bond acceptors (Lipinski definition) is 1. The molecule has 8 aromatic carbocycles. The highest BCUT2D eigenvalue weighted by Crippen LogP contribution is 2.40. The van der Waals surface area contributed by atoms with Gasteiger partial charge in [0.1, 0.15) is 0 Å². The van der Waals surface area contributed by atoms with Crippen LogP contribution >= 0.6 is 0 Å². The lowest BCUT2D eigenvalue weighted by Crippen LogP contribution is -2.25. The van der Waals surface area contributed by atoms with Crippen LogP contribution in [0, 0.1) is 0 Å². The summed E-state index contributed by atoms with van der Waals surface area (Å²) in [7, 11) is 0. The number of para-hydroxylation sites is 1. The molecule has 0 fully saturated rings. The second-order valence-electron chi connectivity index (χ2n) is 13.8. The minimum Gasteiger partial charge on any atom is -0.629 e. The van der Waals surface area contributed by atoms with Gasteiger partial charge in [-0.25, -0.2) is 0 Å². The van der Waals surface area contributed by atoms with Crippen LogP contribution in [0.5, 0.6) is 0 Å². The fourth-order valence-corrected chi connectivity index (χ4v) is 7.95. The lowest BCUT2D eigenvalue weighted by atomic mass is 9.97. The molecule has 0 saturated heterocycles. The Kier molecular flexibility index (Phi) is 7.71. The molecule has 252 valence electrons. The zero-order valence-electron chi connectivity index (χ0n) is 29.1. The zero-order valence-corrected chi connectivity index (χ0v) is 29.1. The van der Waals surface area contributed by atoms with Crippen molar-refractivity contribution in [3.63, 3.8) is 0 Å². The molecule has 1 aromatic heterocycles. The predicted molar refractivity (Wildman–Crippen MR) is 222 cm³/mol. The van der Waals surface area contributed by atoms with E-state index < -0.39 is 0 Å². The van der Waals surface area contributed by atoms with Crippen LogP contribution in [0.2, 0.25) is 0 Å². The van der Waals surface area contributed by atoms with Crippen LogP contribution in [0.4, 0.5) is 0 Å². The van der Waals surface area contributed by atoms with Crippen LogP contribution in [-0.2, 0) is 0 Å². The topological polar surface area (TPSA) is 31.1 Å². The van der Waals surface area contributed by atoms with Gasteiger partial charge in [-0.3, -0.25) is 0 Å². The van der Waals surface area contributed by atoms with Gasteiger partial charge in [-0.05, 0) is 80.7 Å². The molecule has 2 atom stereocenters. The van der Waals surface area contributed by atoms with Crippen LogP contribution in [-0.4, -0.2) is 4.57 Å². The highest BCUT2D eigenvalue weighted by atomic mass is 15.2. The number of benzene rings is 8. The van der Waals surface area contributed by atoms with Crippen LogP contribution in [0.25, 0.3) is 71.5 Å². The van der Waals surface area contributed by atoms with Gasteiger partial charge in [0, 0.05) is 22.2 Å². The van der Waals surface area contributed by atoms with Gasteiger partial charge in [0.25, 0.3) is 0 Å². The molecule has 3 nitrogen and oxygen atoms in total. The fourth-order valence-electron chi connectivity index (χ4n) is 7.95. The first kappa shape index (κ1) is 31.1. The van der Waals surface area contributed by atoms with E-state index in [1.165, 1.54) is 60.4 Å². The third kappa shape index (κ3) is 5.68. The third-order valence-corrected chi connectivity index (χ3v) is 10.6.